The summed E-state index contributed by atoms with van der Waals surface area (Å²) in [6.07, 6.45) is 0.747. The van der Waals surface area contributed by atoms with Gasteiger partial charge >= 0.3 is 0 Å². The number of rotatable bonds is 7. The van der Waals surface area contributed by atoms with Gasteiger partial charge in [-0.3, -0.25) is 19.4 Å². The molecule has 1 saturated heterocycles. The number of morpholine rings is 1. The van der Waals surface area contributed by atoms with Crippen molar-refractivity contribution in [2.75, 3.05) is 44.7 Å². The quantitative estimate of drug-likeness (QED) is 0.558. The van der Waals surface area contributed by atoms with E-state index in [-0.39, 0.29) is 11.8 Å². The molecule has 164 valence electrons. The van der Waals surface area contributed by atoms with Crippen molar-refractivity contribution in [1.29, 1.82) is 0 Å². The van der Waals surface area contributed by atoms with E-state index < -0.39 is 0 Å². The van der Waals surface area contributed by atoms with Crippen molar-refractivity contribution in [3.8, 4) is 0 Å². The van der Waals surface area contributed by atoms with E-state index >= 15 is 0 Å². The maximum atomic E-state index is 13.4. The minimum atomic E-state index is -0.256. The van der Waals surface area contributed by atoms with Gasteiger partial charge in [0, 0.05) is 42.1 Å². The first-order valence-corrected chi connectivity index (χ1v) is 11.8. The number of ether oxygens (including phenoxy) is 1. The normalized spacial score (nSPS) is 17.6. The number of imide groups is 1. The molecule has 3 aromatic rings. The zero-order valence-electron chi connectivity index (χ0n) is 17.8. The number of benzene rings is 2. The first-order chi connectivity index (χ1) is 15.7. The fourth-order valence-electron chi connectivity index (χ4n) is 4.29. The lowest BCUT2D eigenvalue weighted by Gasteiger charge is -2.27. The van der Waals surface area contributed by atoms with Crippen LogP contribution < -0.4 is 5.32 Å². The minimum absolute atomic E-state index is 0.220. The van der Waals surface area contributed by atoms with E-state index in [0.717, 1.165) is 60.6 Å². The van der Waals surface area contributed by atoms with Crippen molar-refractivity contribution in [3.63, 3.8) is 0 Å². The Hall–Kier alpha value is -3.00. The molecular weight excluding hydrogens is 422 g/mol. The number of amides is 2. The number of anilines is 1. The Morgan fingerprint density at radius 3 is 2.53 bits per heavy atom. The number of hydrogen-bond donors (Lipinski definition) is 1. The van der Waals surface area contributed by atoms with Crippen LogP contribution in [0.15, 0.2) is 65.7 Å². The molecule has 7 heteroatoms. The Labute approximate surface area is 191 Å². The van der Waals surface area contributed by atoms with Crippen LogP contribution in [-0.4, -0.2) is 61.0 Å². The van der Waals surface area contributed by atoms with Crippen LogP contribution in [0.25, 0.3) is 16.3 Å². The van der Waals surface area contributed by atoms with E-state index in [0.29, 0.717) is 17.8 Å². The molecule has 6 nitrogen and oxygen atoms in total. The van der Waals surface area contributed by atoms with Crippen LogP contribution in [0, 0.1) is 0 Å². The summed E-state index contributed by atoms with van der Waals surface area (Å²) in [5.74, 6) is -0.476. The lowest BCUT2D eigenvalue weighted by molar-refractivity contribution is -0.136. The van der Waals surface area contributed by atoms with Crippen molar-refractivity contribution in [3.05, 3.63) is 70.6 Å². The van der Waals surface area contributed by atoms with E-state index in [1.54, 1.807) is 0 Å². The molecule has 1 fully saturated rings. The summed E-state index contributed by atoms with van der Waals surface area (Å²) >= 11 is 1.47. The Morgan fingerprint density at radius 1 is 0.906 bits per heavy atom. The van der Waals surface area contributed by atoms with Crippen molar-refractivity contribution in [2.24, 2.45) is 0 Å². The fraction of sp³-hybridized carbons (Fsp3) is 0.280. The van der Waals surface area contributed by atoms with Gasteiger partial charge in [-0.15, -0.1) is 11.3 Å². The lowest BCUT2D eigenvalue weighted by atomic mass is 10.1. The maximum Gasteiger partial charge on any atom is 0.278 e. The number of fused-ring (bicyclic) bond motifs is 1. The highest BCUT2D eigenvalue weighted by Crippen LogP contribution is 2.34. The number of nitrogens with one attached hydrogen (secondary N) is 1. The summed E-state index contributed by atoms with van der Waals surface area (Å²) in [5.41, 5.74) is 1.65. The van der Waals surface area contributed by atoms with Crippen LogP contribution in [0.2, 0.25) is 0 Å². The highest BCUT2D eigenvalue weighted by Gasteiger charge is 2.39. The molecule has 0 aliphatic carbocycles. The Bertz CT molecular complexity index is 1160. The van der Waals surface area contributed by atoms with Gasteiger partial charge in [0.2, 0.25) is 0 Å². The van der Waals surface area contributed by atoms with E-state index in [9.17, 15) is 9.59 Å². The van der Waals surface area contributed by atoms with Gasteiger partial charge < -0.3 is 10.1 Å². The highest BCUT2D eigenvalue weighted by atomic mass is 32.1. The largest absolute Gasteiger partial charge is 0.379 e. The molecule has 5 rings (SSSR count). The molecule has 2 aliphatic heterocycles. The Balaban J connectivity index is 1.40. The number of thiophene rings is 1. The molecule has 2 aliphatic rings. The number of nitrogens with zero attached hydrogens (tertiary/aromatic N) is 2. The predicted molar refractivity (Wildman–Crippen MR) is 127 cm³/mol. The Morgan fingerprint density at radius 2 is 1.72 bits per heavy atom. The fourth-order valence-corrected chi connectivity index (χ4v) is 5.06. The molecule has 3 heterocycles. The van der Waals surface area contributed by atoms with Gasteiger partial charge in [-0.1, -0.05) is 42.5 Å². The zero-order chi connectivity index (χ0) is 21.9. The van der Waals surface area contributed by atoms with Crippen LogP contribution >= 0.6 is 11.3 Å². The van der Waals surface area contributed by atoms with Gasteiger partial charge in [0.05, 0.1) is 18.8 Å². The van der Waals surface area contributed by atoms with Crippen LogP contribution in [0.4, 0.5) is 5.69 Å². The maximum absolute atomic E-state index is 13.4. The molecule has 0 atom stereocenters. The molecule has 2 amide bonds. The first kappa shape index (κ1) is 20.9. The average molecular weight is 448 g/mol. The topological polar surface area (TPSA) is 61.9 Å². The van der Waals surface area contributed by atoms with Crippen molar-refractivity contribution in [2.45, 2.75) is 6.42 Å². The first-order valence-electron chi connectivity index (χ1n) is 10.9. The molecule has 1 N–H and O–H groups in total. The van der Waals surface area contributed by atoms with Crippen molar-refractivity contribution >= 4 is 45.2 Å². The summed E-state index contributed by atoms with van der Waals surface area (Å²) < 4.78 is 5.40. The number of hydrogen-bond acceptors (Lipinski definition) is 6. The summed E-state index contributed by atoms with van der Waals surface area (Å²) in [6.45, 7) is 4.53. The standard InChI is InChI=1S/C25H25N3O3S/c29-24-22(21-10-4-17-32-21)23(26-20-9-3-7-18-6-1-2-8-19(18)20)25(30)28(24)12-5-11-27-13-15-31-16-14-27/h1-4,6-10,17,26H,5,11-16H2. The van der Waals surface area contributed by atoms with E-state index in [1.807, 2.05) is 60.0 Å². The third-order valence-corrected chi connectivity index (χ3v) is 6.83. The molecule has 1 aromatic heterocycles. The molecule has 0 spiro atoms. The van der Waals surface area contributed by atoms with Gasteiger partial charge in [0.15, 0.2) is 0 Å². The van der Waals surface area contributed by atoms with Gasteiger partial charge in [-0.25, -0.2) is 0 Å². The van der Waals surface area contributed by atoms with Crippen LogP contribution in [-0.2, 0) is 14.3 Å². The van der Waals surface area contributed by atoms with Gasteiger partial charge in [-0.2, -0.15) is 0 Å². The minimum Gasteiger partial charge on any atom is -0.379 e. The smallest absolute Gasteiger partial charge is 0.278 e. The molecule has 32 heavy (non-hydrogen) atoms. The van der Waals surface area contributed by atoms with Crippen LogP contribution in [0.3, 0.4) is 0 Å². The second-order valence-electron chi connectivity index (χ2n) is 7.95. The van der Waals surface area contributed by atoms with E-state index in [1.165, 1.54) is 16.2 Å². The third kappa shape index (κ3) is 4.07. The van der Waals surface area contributed by atoms with E-state index in [2.05, 4.69) is 10.2 Å². The molecule has 0 radical (unpaired) electrons. The lowest BCUT2D eigenvalue weighted by Crippen LogP contribution is -2.39. The zero-order valence-corrected chi connectivity index (χ0v) is 18.6. The second-order valence-corrected chi connectivity index (χ2v) is 8.90. The summed E-state index contributed by atoms with van der Waals surface area (Å²) in [6, 6.07) is 17.8. The summed E-state index contributed by atoms with van der Waals surface area (Å²) in [7, 11) is 0. The predicted octanol–water partition coefficient (Wildman–Crippen LogP) is 3.82. The van der Waals surface area contributed by atoms with Gasteiger partial charge in [0.1, 0.15) is 5.70 Å². The second kappa shape index (κ2) is 9.24. The summed E-state index contributed by atoms with van der Waals surface area (Å²) in [4.78, 5) is 31.3. The van der Waals surface area contributed by atoms with Crippen molar-refractivity contribution in [1.82, 2.24) is 9.80 Å². The number of carbonyl (C=O) groups excluding carboxylic acids is 2. The van der Waals surface area contributed by atoms with Gasteiger partial charge in [-0.05, 0) is 29.3 Å². The molecular formula is C25H25N3O3S. The Kier molecular flexibility index (Phi) is 6.03. The van der Waals surface area contributed by atoms with Crippen LogP contribution in [0.5, 0.6) is 0 Å². The van der Waals surface area contributed by atoms with E-state index in [4.69, 9.17) is 4.74 Å². The molecule has 0 bridgehead atoms. The average Bonchev–Trinajstić information content (AvgIpc) is 3.43. The number of carbonyl (C=O) groups is 2. The van der Waals surface area contributed by atoms with Crippen LogP contribution in [0.1, 0.15) is 11.3 Å². The SMILES string of the molecule is O=C1C(Nc2cccc3ccccc23)=C(c2cccs2)C(=O)N1CCCN1CCOCC1. The van der Waals surface area contributed by atoms with Gasteiger partial charge in [0.25, 0.3) is 11.8 Å². The molecule has 0 unspecified atom stereocenters. The monoisotopic (exact) mass is 447 g/mol. The summed E-state index contributed by atoms with van der Waals surface area (Å²) in [5, 5.41) is 7.34. The van der Waals surface area contributed by atoms with Crippen molar-refractivity contribution < 1.29 is 14.3 Å². The molecule has 0 saturated carbocycles. The molecule has 2 aromatic carbocycles. The highest BCUT2D eigenvalue weighted by molar-refractivity contribution is 7.11. The third-order valence-electron chi connectivity index (χ3n) is 5.94.